The van der Waals surface area contributed by atoms with Crippen molar-refractivity contribution in [2.24, 2.45) is 0 Å². The molecule has 0 atom stereocenters. The number of rotatable bonds is 8. The van der Waals surface area contributed by atoms with Crippen LogP contribution in [0.15, 0.2) is 18.2 Å². The van der Waals surface area contributed by atoms with Crippen molar-refractivity contribution in [3.63, 3.8) is 0 Å². The molecular weight excluding hydrogens is 356 g/mol. The second-order valence-electron chi connectivity index (χ2n) is 4.79. The summed E-state index contributed by atoms with van der Waals surface area (Å²) in [6, 6.07) is 4.54. The predicted octanol–water partition coefficient (Wildman–Crippen LogP) is 3.73. The first-order valence-corrected chi connectivity index (χ1v) is 7.51. The SMILES string of the molecule is CN(C)CCCCCNc1ccc(F)cc1C(=N)I. The molecule has 0 aliphatic rings. The number of halogens is 2. The van der Waals surface area contributed by atoms with Crippen molar-refractivity contribution < 1.29 is 4.39 Å². The summed E-state index contributed by atoms with van der Waals surface area (Å²) in [5, 5.41) is 10.9. The normalized spacial score (nSPS) is 10.8. The number of benzene rings is 1. The van der Waals surface area contributed by atoms with Gasteiger partial charge in [0, 0.05) is 17.8 Å². The van der Waals surface area contributed by atoms with Gasteiger partial charge in [-0.25, -0.2) is 4.39 Å². The molecule has 0 saturated heterocycles. The average molecular weight is 377 g/mol. The van der Waals surface area contributed by atoms with E-state index in [1.807, 2.05) is 22.6 Å². The lowest BCUT2D eigenvalue weighted by atomic mass is 10.1. The van der Waals surface area contributed by atoms with Gasteiger partial charge in [0.25, 0.3) is 0 Å². The van der Waals surface area contributed by atoms with Crippen molar-refractivity contribution in [3.05, 3.63) is 29.6 Å². The summed E-state index contributed by atoms with van der Waals surface area (Å²) in [6.45, 7) is 1.97. The van der Waals surface area contributed by atoms with Gasteiger partial charge in [-0.2, -0.15) is 0 Å². The van der Waals surface area contributed by atoms with Crippen LogP contribution in [0.3, 0.4) is 0 Å². The fourth-order valence-electron chi connectivity index (χ4n) is 1.81. The Bertz CT molecular complexity index is 421. The lowest BCUT2D eigenvalue weighted by molar-refractivity contribution is 0.393. The molecule has 0 bridgehead atoms. The summed E-state index contributed by atoms with van der Waals surface area (Å²) in [4.78, 5) is 2.18. The summed E-state index contributed by atoms with van der Waals surface area (Å²) >= 11 is 1.90. The summed E-state index contributed by atoms with van der Waals surface area (Å²) in [7, 11) is 4.16. The highest BCUT2D eigenvalue weighted by atomic mass is 127. The summed E-state index contributed by atoms with van der Waals surface area (Å²) in [5.74, 6) is -0.298. The van der Waals surface area contributed by atoms with E-state index >= 15 is 0 Å². The van der Waals surface area contributed by atoms with Crippen LogP contribution in [0.1, 0.15) is 24.8 Å². The van der Waals surface area contributed by atoms with Crippen molar-refractivity contribution in [2.45, 2.75) is 19.3 Å². The smallest absolute Gasteiger partial charge is 0.124 e. The highest BCUT2D eigenvalue weighted by Crippen LogP contribution is 2.20. The van der Waals surface area contributed by atoms with Crippen LogP contribution in [-0.4, -0.2) is 35.8 Å². The Morgan fingerprint density at radius 2 is 2.05 bits per heavy atom. The molecule has 0 aliphatic carbocycles. The lowest BCUT2D eigenvalue weighted by Crippen LogP contribution is -2.13. The average Bonchev–Trinajstić information content (AvgIpc) is 2.34. The van der Waals surface area contributed by atoms with Crippen molar-refractivity contribution in [1.29, 1.82) is 5.41 Å². The highest BCUT2D eigenvalue weighted by molar-refractivity contribution is 14.1. The largest absolute Gasteiger partial charge is 0.384 e. The van der Waals surface area contributed by atoms with Crippen LogP contribution in [0, 0.1) is 11.2 Å². The molecule has 0 unspecified atom stereocenters. The van der Waals surface area contributed by atoms with Gasteiger partial charge in [0.1, 0.15) is 9.54 Å². The standard InChI is InChI=1S/C14H21FIN3/c1-19(2)9-5-3-4-8-18-13-7-6-11(15)10-12(13)14(16)17/h6-7,10,17-18H,3-5,8-9H2,1-2H3. The maximum atomic E-state index is 13.1. The number of hydrogen-bond acceptors (Lipinski definition) is 3. The zero-order chi connectivity index (χ0) is 14.3. The van der Waals surface area contributed by atoms with Gasteiger partial charge < -0.3 is 10.2 Å². The van der Waals surface area contributed by atoms with Gasteiger partial charge in [-0.05, 0) is 74.3 Å². The van der Waals surface area contributed by atoms with Gasteiger partial charge in [-0.1, -0.05) is 6.42 Å². The minimum atomic E-state index is -0.298. The Hall–Kier alpha value is -0.690. The van der Waals surface area contributed by atoms with E-state index in [9.17, 15) is 4.39 Å². The maximum absolute atomic E-state index is 13.1. The molecule has 0 saturated carbocycles. The van der Waals surface area contributed by atoms with E-state index in [4.69, 9.17) is 5.41 Å². The lowest BCUT2D eigenvalue weighted by Gasteiger charge is -2.12. The fraction of sp³-hybridized carbons (Fsp3) is 0.500. The first kappa shape index (κ1) is 16.4. The quantitative estimate of drug-likeness (QED) is 0.412. The third kappa shape index (κ3) is 6.33. The summed E-state index contributed by atoms with van der Waals surface area (Å²) in [6.07, 6.45) is 3.44. The Morgan fingerprint density at radius 3 is 2.68 bits per heavy atom. The van der Waals surface area contributed by atoms with Crippen molar-refractivity contribution >= 4 is 32.0 Å². The third-order valence-corrected chi connectivity index (χ3v) is 3.40. The van der Waals surface area contributed by atoms with Gasteiger partial charge in [-0.3, -0.25) is 5.41 Å². The van der Waals surface area contributed by atoms with E-state index in [1.165, 1.54) is 25.0 Å². The second-order valence-corrected chi connectivity index (χ2v) is 5.87. The van der Waals surface area contributed by atoms with Gasteiger partial charge in [-0.15, -0.1) is 0 Å². The van der Waals surface area contributed by atoms with Crippen molar-refractivity contribution in [2.75, 3.05) is 32.5 Å². The first-order valence-electron chi connectivity index (χ1n) is 6.43. The summed E-state index contributed by atoms with van der Waals surface area (Å²) < 4.78 is 13.5. The van der Waals surface area contributed by atoms with Crippen LogP contribution >= 0.6 is 22.6 Å². The molecule has 2 N–H and O–H groups in total. The Morgan fingerprint density at radius 1 is 1.32 bits per heavy atom. The van der Waals surface area contributed by atoms with Gasteiger partial charge in [0.2, 0.25) is 0 Å². The molecule has 5 heteroatoms. The minimum absolute atomic E-state index is 0.298. The number of anilines is 1. The van der Waals surface area contributed by atoms with Crippen LogP contribution in [0.2, 0.25) is 0 Å². The molecular formula is C14H21FIN3. The van der Waals surface area contributed by atoms with Crippen LogP contribution in [-0.2, 0) is 0 Å². The minimum Gasteiger partial charge on any atom is -0.384 e. The molecule has 1 aromatic rings. The van der Waals surface area contributed by atoms with E-state index < -0.39 is 0 Å². The molecule has 0 amide bonds. The molecule has 0 heterocycles. The first-order chi connectivity index (χ1) is 9.00. The maximum Gasteiger partial charge on any atom is 0.124 e. The Balaban J connectivity index is 2.39. The van der Waals surface area contributed by atoms with Crippen LogP contribution in [0.25, 0.3) is 0 Å². The van der Waals surface area contributed by atoms with Gasteiger partial charge in [0.05, 0.1) is 0 Å². The Labute approximate surface area is 128 Å². The molecule has 0 aromatic heterocycles. The van der Waals surface area contributed by atoms with Crippen molar-refractivity contribution in [3.8, 4) is 0 Å². The van der Waals surface area contributed by atoms with E-state index in [0.717, 1.165) is 25.2 Å². The van der Waals surface area contributed by atoms with E-state index in [1.54, 1.807) is 6.07 Å². The van der Waals surface area contributed by atoms with Crippen LogP contribution in [0.4, 0.5) is 10.1 Å². The monoisotopic (exact) mass is 377 g/mol. The van der Waals surface area contributed by atoms with E-state index in [-0.39, 0.29) is 5.82 Å². The van der Waals surface area contributed by atoms with Gasteiger partial charge in [0.15, 0.2) is 0 Å². The summed E-state index contributed by atoms with van der Waals surface area (Å²) in [5.41, 5.74) is 1.47. The van der Waals surface area contributed by atoms with Crippen LogP contribution in [0.5, 0.6) is 0 Å². The molecule has 106 valence electrons. The molecule has 1 aromatic carbocycles. The molecule has 0 aliphatic heterocycles. The fourth-order valence-corrected chi connectivity index (χ4v) is 2.25. The number of unbranched alkanes of at least 4 members (excludes halogenated alkanes) is 2. The molecule has 1 rings (SSSR count). The molecule has 0 fully saturated rings. The van der Waals surface area contributed by atoms with Crippen molar-refractivity contribution in [1.82, 2.24) is 4.90 Å². The number of hydrogen-bond donors (Lipinski definition) is 2. The van der Waals surface area contributed by atoms with Gasteiger partial charge >= 0.3 is 0 Å². The van der Waals surface area contributed by atoms with E-state index in [2.05, 4.69) is 24.3 Å². The molecule has 3 nitrogen and oxygen atoms in total. The third-order valence-electron chi connectivity index (χ3n) is 2.82. The number of nitrogens with zero attached hydrogens (tertiary/aromatic N) is 1. The van der Waals surface area contributed by atoms with Crippen LogP contribution < -0.4 is 5.32 Å². The topological polar surface area (TPSA) is 39.1 Å². The zero-order valence-electron chi connectivity index (χ0n) is 11.5. The number of nitrogens with one attached hydrogen (secondary N) is 2. The molecule has 19 heavy (non-hydrogen) atoms. The Kier molecular flexibility index (Phi) is 7.30. The molecule has 0 spiro atoms. The zero-order valence-corrected chi connectivity index (χ0v) is 13.6. The molecule has 0 radical (unpaired) electrons. The van der Waals surface area contributed by atoms with E-state index in [0.29, 0.717) is 9.28 Å². The second kappa shape index (κ2) is 8.47. The highest BCUT2D eigenvalue weighted by Gasteiger charge is 2.06. The predicted molar refractivity (Wildman–Crippen MR) is 88.1 cm³/mol.